The minimum absolute atomic E-state index is 0.242. The summed E-state index contributed by atoms with van der Waals surface area (Å²) in [6, 6.07) is 0. The molecule has 8 nitrogen and oxygen atoms in total. The average Bonchev–Trinajstić information content (AvgIpc) is 2.37. The van der Waals surface area contributed by atoms with Crippen LogP contribution in [0.2, 0.25) is 0 Å². The van der Waals surface area contributed by atoms with E-state index in [9.17, 15) is 0 Å². The van der Waals surface area contributed by atoms with Gasteiger partial charge in [-0.1, -0.05) is 20.6 Å². The molecule has 0 bridgehead atoms. The van der Waals surface area contributed by atoms with Crippen LogP contribution in [0.25, 0.3) is 0 Å². The fourth-order valence-electron chi connectivity index (χ4n) is 1.05. The van der Waals surface area contributed by atoms with Crippen molar-refractivity contribution in [1.29, 1.82) is 0 Å². The molecule has 0 fully saturated rings. The minimum Gasteiger partial charge on any atom is -0.389 e. The molecule has 0 aromatic carbocycles. The highest BCUT2D eigenvalue weighted by Crippen LogP contribution is 1.92. The van der Waals surface area contributed by atoms with Crippen molar-refractivity contribution in [1.82, 2.24) is 0 Å². The Morgan fingerprint density at radius 1 is 0.500 bits per heavy atom. The smallest absolute Gasteiger partial charge is 0.158 e. The zero-order chi connectivity index (χ0) is 14.8. The maximum absolute atomic E-state index is 5.11. The van der Waals surface area contributed by atoms with Crippen molar-refractivity contribution >= 4 is 22.8 Å². The molecule has 20 heavy (non-hydrogen) atoms. The van der Waals surface area contributed by atoms with E-state index in [0.717, 1.165) is 0 Å². The van der Waals surface area contributed by atoms with E-state index in [1.54, 1.807) is 27.7 Å². The Bertz CT molecular complexity index is 349. The van der Waals surface area contributed by atoms with Crippen LogP contribution in [0, 0.1) is 0 Å². The molecule has 0 N–H and O–H groups in total. The van der Waals surface area contributed by atoms with Crippen molar-refractivity contribution in [3.8, 4) is 0 Å². The number of oxime groups is 4. The fourth-order valence-corrected chi connectivity index (χ4v) is 1.05. The van der Waals surface area contributed by atoms with Crippen molar-refractivity contribution < 1.29 is 19.4 Å². The van der Waals surface area contributed by atoms with E-state index < -0.39 is 0 Å². The van der Waals surface area contributed by atoms with Gasteiger partial charge in [-0.2, -0.15) is 0 Å². The largest absolute Gasteiger partial charge is 0.389 e. The van der Waals surface area contributed by atoms with Gasteiger partial charge in [-0.3, -0.25) is 0 Å². The van der Waals surface area contributed by atoms with Gasteiger partial charge in [-0.05, 0) is 27.7 Å². The Morgan fingerprint density at radius 2 is 0.700 bits per heavy atom. The summed E-state index contributed by atoms with van der Waals surface area (Å²) in [5, 5.41) is 15.5. The third-order valence-electron chi connectivity index (χ3n) is 1.98. The van der Waals surface area contributed by atoms with Gasteiger partial charge in [-0.25, -0.2) is 0 Å². The standard InChI is InChI=1S/C12H20N4O4/c1-9-5-17-14-11(3)7-19-16-12(4)8-20-15-10(2)6-18-13-9/h5-8H2,1-4H3/b13-9+,14-11+,15-10+,16-12?. The summed E-state index contributed by atoms with van der Waals surface area (Å²) >= 11 is 0. The van der Waals surface area contributed by atoms with Crippen molar-refractivity contribution in [2.75, 3.05) is 26.4 Å². The van der Waals surface area contributed by atoms with E-state index in [1.165, 1.54) is 0 Å². The zero-order valence-electron chi connectivity index (χ0n) is 12.3. The van der Waals surface area contributed by atoms with Gasteiger partial charge in [0.1, 0.15) is 0 Å². The SMILES string of the molecule is CC1=NOC/C(C)=N/OC/C(C)=N/OC/C(C)=N/OC1. The van der Waals surface area contributed by atoms with E-state index in [2.05, 4.69) is 20.6 Å². The summed E-state index contributed by atoms with van der Waals surface area (Å²) in [7, 11) is 0. The van der Waals surface area contributed by atoms with Gasteiger partial charge in [0.2, 0.25) is 0 Å². The lowest BCUT2D eigenvalue weighted by molar-refractivity contribution is 0.141. The molecule has 1 aliphatic heterocycles. The molecular formula is C12H20N4O4. The van der Waals surface area contributed by atoms with Crippen molar-refractivity contribution in [2.24, 2.45) is 20.6 Å². The van der Waals surface area contributed by atoms with Crippen LogP contribution in [-0.2, 0) is 19.4 Å². The summed E-state index contributed by atoms with van der Waals surface area (Å²) in [5.41, 5.74) is 2.66. The lowest BCUT2D eigenvalue weighted by atomic mass is 10.4. The molecule has 1 rings (SSSR count). The van der Waals surface area contributed by atoms with E-state index in [0.29, 0.717) is 22.8 Å². The van der Waals surface area contributed by atoms with Crippen molar-refractivity contribution in [3.63, 3.8) is 0 Å². The van der Waals surface area contributed by atoms with E-state index >= 15 is 0 Å². The Hall–Kier alpha value is -2.12. The second kappa shape index (κ2) is 8.89. The topological polar surface area (TPSA) is 86.4 Å². The van der Waals surface area contributed by atoms with Crippen LogP contribution in [0.3, 0.4) is 0 Å². The van der Waals surface area contributed by atoms with Gasteiger partial charge in [-0.15, -0.1) is 0 Å². The molecule has 0 radical (unpaired) electrons. The lowest BCUT2D eigenvalue weighted by Crippen LogP contribution is -2.11. The molecule has 0 aliphatic carbocycles. The third kappa shape index (κ3) is 7.34. The summed E-state index contributed by atoms with van der Waals surface area (Å²) in [5.74, 6) is 0. The van der Waals surface area contributed by atoms with Crippen molar-refractivity contribution in [3.05, 3.63) is 0 Å². The van der Waals surface area contributed by atoms with E-state index in [1.807, 2.05) is 0 Å². The second-order valence-electron chi connectivity index (χ2n) is 4.40. The quantitative estimate of drug-likeness (QED) is 0.675. The fraction of sp³-hybridized carbons (Fsp3) is 0.667. The van der Waals surface area contributed by atoms with Crippen LogP contribution in [0.4, 0.5) is 0 Å². The molecule has 0 spiro atoms. The van der Waals surface area contributed by atoms with Crippen LogP contribution in [0.1, 0.15) is 27.7 Å². The van der Waals surface area contributed by atoms with Crippen LogP contribution in [0.15, 0.2) is 20.6 Å². The van der Waals surface area contributed by atoms with Gasteiger partial charge < -0.3 is 19.4 Å². The number of hydrogen-bond acceptors (Lipinski definition) is 8. The van der Waals surface area contributed by atoms with Crippen LogP contribution in [-0.4, -0.2) is 49.3 Å². The molecule has 0 unspecified atom stereocenters. The van der Waals surface area contributed by atoms with Crippen LogP contribution >= 0.6 is 0 Å². The predicted molar refractivity (Wildman–Crippen MR) is 76.2 cm³/mol. The zero-order valence-corrected chi connectivity index (χ0v) is 12.3. The van der Waals surface area contributed by atoms with E-state index in [-0.39, 0.29) is 26.4 Å². The molecule has 0 aromatic rings. The molecule has 0 amide bonds. The first kappa shape index (κ1) is 15.9. The molecule has 0 aromatic heterocycles. The monoisotopic (exact) mass is 284 g/mol. The van der Waals surface area contributed by atoms with Gasteiger partial charge >= 0.3 is 0 Å². The number of hydrogen-bond donors (Lipinski definition) is 0. The van der Waals surface area contributed by atoms with Gasteiger partial charge in [0.15, 0.2) is 26.4 Å². The molecule has 0 saturated heterocycles. The summed E-state index contributed by atoms with van der Waals surface area (Å²) < 4.78 is 0. The van der Waals surface area contributed by atoms with Gasteiger partial charge in [0, 0.05) is 0 Å². The molecule has 112 valence electrons. The average molecular weight is 284 g/mol. The highest BCUT2D eigenvalue weighted by molar-refractivity contribution is 5.85. The number of rotatable bonds is 0. The Labute approximate surface area is 118 Å². The first-order valence-corrected chi connectivity index (χ1v) is 6.19. The molecule has 1 heterocycles. The normalized spacial score (nSPS) is 26.8. The van der Waals surface area contributed by atoms with Gasteiger partial charge in [0.25, 0.3) is 0 Å². The van der Waals surface area contributed by atoms with Crippen LogP contribution in [0.5, 0.6) is 0 Å². The Balaban J connectivity index is 2.65. The maximum atomic E-state index is 5.11. The minimum atomic E-state index is 0.242. The highest BCUT2D eigenvalue weighted by Gasteiger charge is 1.99. The van der Waals surface area contributed by atoms with E-state index in [4.69, 9.17) is 19.4 Å². The molecular weight excluding hydrogens is 264 g/mol. The molecule has 1 aliphatic rings. The second-order valence-corrected chi connectivity index (χ2v) is 4.40. The summed E-state index contributed by atoms with van der Waals surface area (Å²) in [6.45, 7) is 8.09. The first-order valence-electron chi connectivity index (χ1n) is 6.19. The maximum Gasteiger partial charge on any atom is 0.158 e. The molecule has 0 atom stereocenters. The van der Waals surface area contributed by atoms with Crippen molar-refractivity contribution in [2.45, 2.75) is 27.7 Å². The molecule has 0 saturated carbocycles. The van der Waals surface area contributed by atoms with Gasteiger partial charge in [0.05, 0.1) is 22.8 Å². The lowest BCUT2D eigenvalue weighted by Gasteiger charge is -2.05. The van der Waals surface area contributed by atoms with Crippen LogP contribution < -0.4 is 0 Å². The highest BCUT2D eigenvalue weighted by atomic mass is 16.7. The molecule has 8 heteroatoms. The summed E-state index contributed by atoms with van der Waals surface area (Å²) in [4.78, 5) is 20.4. The Kier molecular flexibility index (Phi) is 7.08. The number of nitrogens with zero attached hydrogens (tertiary/aromatic N) is 4. The third-order valence-corrected chi connectivity index (χ3v) is 1.98. The first-order chi connectivity index (χ1) is 9.58. The summed E-state index contributed by atoms with van der Waals surface area (Å²) in [6.07, 6.45) is 0. The predicted octanol–water partition coefficient (Wildman–Crippen LogP) is 1.57. The Morgan fingerprint density at radius 3 is 0.900 bits per heavy atom.